The van der Waals surface area contributed by atoms with Crippen molar-refractivity contribution in [2.75, 3.05) is 0 Å². The van der Waals surface area contributed by atoms with E-state index in [1.165, 1.54) is 31.3 Å². The highest BCUT2D eigenvalue weighted by atomic mass is 14.2. The molecule has 1 aliphatic rings. The zero-order chi connectivity index (χ0) is 11.3. The SMILES string of the molecule is CCC(CC)C1=CC(C(CC)CC)[C]=C1. The molecule has 0 aliphatic heterocycles. The van der Waals surface area contributed by atoms with Gasteiger partial charge in [-0.3, -0.25) is 0 Å². The fraction of sp³-hybridized carbons (Fsp3) is 0.733. The molecule has 1 rings (SSSR count). The Morgan fingerprint density at radius 3 is 2.13 bits per heavy atom. The van der Waals surface area contributed by atoms with Crippen molar-refractivity contribution in [3.05, 3.63) is 23.8 Å². The first-order valence-corrected chi connectivity index (χ1v) is 6.57. The molecule has 0 saturated carbocycles. The average Bonchev–Trinajstić information content (AvgIpc) is 2.71. The van der Waals surface area contributed by atoms with Crippen molar-refractivity contribution in [3.63, 3.8) is 0 Å². The number of hydrogen-bond donors (Lipinski definition) is 0. The molecule has 0 fully saturated rings. The Kier molecular flexibility index (Phi) is 5.14. The molecular formula is C15H25. The van der Waals surface area contributed by atoms with Gasteiger partial charge >= 0.3 is 0 Å². The Balaban J connectivity index is 2.65. The predicted octanol–water partition coefficient (Wildman–Crippen LogP) is 4.77. The molecule has 1 radical (unpaired) electrons. The van der Waals surface area contributed by atoms with Crippen molar-refractivity contribution < 1.29 is 0 Å². The van der Waals surface area contributed by atoms with Gasteiger partial charge in [-0.1, -0.05) is 52.7 Å². The molecule has 0 amide bonds. The summed E-state index contributed by atoms with van der Waals surface area (Å²) in [5, 5.41) is 0. The van der Waals surface area contributed by atoms with Gasteiger partial charge in [0.1, 0.15) is 0 Å². The van der Waals surface area contributed by atoms with Gasteiger partial charge in [-0.05, 0) is 36.3 Å². The van der Waals surface area contributed by atoms with E-state index in [1.54, 1.807) is 0 Å². The summed E-state index contributed by atoms with van der Waals surface area (Å²) in [4.78, 5) is 0. The van der Waals surface area contributed by atoms with Gasteiger partial charge in [0.25, 0.3) is 0 Å². The second kappa shape index (κ2) is 6.15. The first-order chi connectivity index (χ1) is 7.26. The number of rotatable bonds is 6. The van der Waals surface area contributed by atoms with Gasteiger partial charge in [0, 0.05) is 5.92 Å². The third-order valence-corrected chi connectivity index (χ3v) is 3.83. The van der Waals surface area contributed by atoms with Crippen LogP contribution in [0.1, 0.15) is 53.4 Å². The van der Waals surface area contributed by atoms with E-state index in [0.29, 0.717) is 5.92 Å². The summed E-state index contributed by atoms with van der Waals surface area (Å²) in [6.45, 7) is 9.15. The summed E-state index contributed by atoms with van der Waals surface area (Å²) < 4.78 is 0. The van der Waals surface area contributed by atoms with Crippen LogP contribution in [-0.4, -0.2) is 0 Å². The highest BCUT2D eigenvalue weighted by Crippen LogP contribution is 2.32. The van der Waals surface area contributed by atoms with E-state index in [-0.39, 0.29) is 0 Å². The fourth-order valence-electron chi connectivity index (χ4n) is 2.58. The molecule has 0 nitrogen and oxygen atoms in total. The highest BCUT2D eigenvalue weighted by molar-refractivity contribution is 5.28. The predicted molar refractivity (Wildman–Crippen MR) is 67.5 cm³/mol. The monoisotopic (exact) mass is 205 g/mol. The van der Waals surface area contributed by atoms with Gasteiger partial charge in [-0.25, -0.2) is 0 Å². The standard InChI is InChI=1S/C15H25/c1-5-12(6-2)14-9-10-15(11-14)13(7-3)8-4/h9,11-13,15H,5-8H2,1-4H3. The van der Waals surface area contributed by atoms with Crippen LogP contribution in [0.5, 0.6) is 0 Å². The molecule has 0 aromatic rings. The fourth-order valence-corrected chi connectivity index (χ4v) is 2.58. The Hall–Kier alpha value is -0.520. The number of hydrogen-bond acceptors (Lipinski definition) is 0. The van der Waals surface area contributed by atoms with Crippen LogP contribution in [0.2, 0.25) is 0 Å². The molecule has 1 atom stereocenters. The second-order valence-electron chi connectivity index (χ2n) is 4.59. The third-order valence-electron chi connectivity index (χ3n) is 3.83. The van der Waals surface area contributed by atoms with Crippen molar-refractivity contribution in [1.82, 2.24) is 0 Å². The average molecular weight is 205 g/mol. The number of allylic oxidation sites excluding steroid dienone is 4. The first kappa shape index (κ1) is 12.5. The lowest BCUT2D eigenvalue weighted by Gasteiger charge is -2.17. The highest BCUT2D eigenvalue weighted by Gasteiger charge is 2.20. The van der Waals surface area contributed by atoms with E-state index in [2.05, 4.69) is 45.9 Å². The Bertz CT molecular complexity index is 226. The smallest absolute Gasteiger partial charge is 0.00550 e. The van der Waals surface area contributed by atoms with Gasteiger partial charge in [0.2, 0.25) is 0 Å². The Morgan fingerprint density at radius 2 is 1.67 bits per heavy atom. The maximum Gasteiger partial charge on any atom is 0.00550 e. The summed E-state index contributed by atoms with van der Waals surface area (Å²) in [6, 6.07) is 0. The Labute approximate surface area is 95.5 Å². The molecule has 0 spiro atoms. The minimum Gasteiger partial charge on any atom is -0.0732 e. The summed E-state index contributed by atoms with van der Waals surface area (Å²) in [6.07, 6.45) is 13.3. The maximum absolute atomic E-state index is 3.54. The summed E-state index contributed by atoms with van der Waals surface area (Å²) in [5.41, 5.74) is 1.54. The molecule has 0 bridgehead atoms. The topological polar surface area (TPSA) is 0 Å². The zero-order valence-corrected chi connectivity index (χ0v) is 10.7. The minimum atomic E-state index is 0.593. The minimum absolute atomic E-state index is 0.593. The van der Waals surface area contributed by atoms with Crippen LogP contribution in [0, 0.1) is 23.8 Å². The van der Waals surface area contributed by atoms with Crippen molar-refractivity contribution in [1.29, 1.82) is 0 Å². The maximum atomic E-state index is 3.54. The molecule has 0 aromatic carbocycles. The van der Waals surface area contributed by atoms with Gasteiger partial charge in [-0.15, -0.1) is 0 Å². The lowest BCUT2D eigenvalue weighted by Crippen LogP contribution is -2.07. The van der Waals surface area contributed by atoms with E-state index in [0.717, 1.165) is 11.8 Å². The van der Waals surface area contributed by atoms with Crippen LogP contribution in [0.25, 0.3) is 0 Å². The van der Waals surface area contributed by atoms with Crippen molar-refractivity contribution in [2.24, 2.45) is 17.8 Å². The molecule has 0 aromatic heterocycles. The van der Waals surface area contributed by atoms with E-state index >= 15 is 0 Å². The molecule has 85 valence electrons. The van der Waals surface area contributed by atoms with E-state index in [1.807, 2.05) is 0 Å². The van der Waals surface area contributed by atoms with Gasteiger partial charge in [0.15, 0.2) is 0 Å². The van der Waals surface area contributed by atoms with Crippen LogP contribution in [0.4, 0.5) is 0 Å². The lowest BCUT2D eigenvalue weighted by atomic mass is 9.88. The molecule has 15 heavy (non-hydrogen) atoms. The van der Waals surface area contributed by atoms with Crippen molar-refractivity contribution in [3.8, 4) is 0 Å². The normalized spacial score (nSPS) is 20.4. The Morgan fingerprint density at radius 1 is 1.07 bits per heavy atom. The van der Waals surface area contributed by atoms with Gasteiger partial charge in [-0.2, -0.15) is 0 Å². The quantitative estimate of drug-likeness (QED) is 0.585. The summed E-state index contributed by atoms with van der Waals surface area (Å²) in [5.74, 6) is 2.15. The van der Waals surface area contributed by atoms with Crippen LogP contribution < -0.4 is 0 Å². The van der Waals surface area contributed by atoms with Gasteiger partial charge in [0.05, 0.1) is 0 Å². The third kappa shape index (κ3) is 2.96. The molecule has 0 heterocycles. The van der Waals surface area contributed by atoms with E-state index in [9.17, 15) is 0 Å². The lowest BCUT2D eigenvalue weighted by molar-refractivity contribution is 0.419. The first-order valence-electron chi connectivity index (χ1n) is 6.57. The van der Waals surface area contributed by atoms with E-state index < -0.39 is 0 Å². The molecule has 0 heteroatoms. The van der Waals surface area contributed by atoms with Gasteiger partial charge < -0.3 is 0 Å². The molecule has 0 saturated heterocycles. The largest absolute Gasteiger partial charge is 0.0732 e. The second-order valence-corrected chi connectivity index (χ2v) is 4.59. The van der Waals surface area contributed by atoms with Crippen molar-refractivity contribution in [2.45, 2.75) is 53.4 Å². The van der Waals surface area contributed by atoms with Crippen LogP contribution in [0.15, 0.2) is 17.7 Å². The summed E-state index contributed by atoms with van der Waals surface area (Å²) >= 11 is 0. The van der Waals surface area contributed by atoms with E-state index in [4.69, 9.17) is 0 Å². The van der Waals surface area contributed by atoms with Crippen LogP contribution >= 0.6 is 0 Å². The molecule has 1 unspecified atom stereocenters. The summed E-state index contributed by atoms with van der Waals surface area (Å²) in [7, 11) is 0. The van der Waals surface area contributed by atoms with Crippen molar-refractivity contribution >= 4 is 0 Å². The van der Waals surface area contributed by atoms with Crippen LogP contribution in [-0.2, 0) is 0 Å². The van der Waals surface area contributed by atoms with Crippen LogP contribution in [0.3, 0.4) is 0 Å². The molecule has 1 aliphatic carbocycles. The molecular weight excluding hydrogens is 180 g/mol. The molecule has 0 N–H and O–H groups in total. The zero-order valence-electron chi connectivity index (χ0n) is 10.7.